The Hall–Kier alpha value is -1.88. The van der Waals surface area contributed by atoms with Gasteiger partial charge >= 0.3 is 0 Å². The van der Waals surface area contributed by atoms with E-state index in [1.165, 1.54) is 0 Å². The van der Waals surface area contributed by atoms with E-state index in [4.69, 9.17) is 9.26 Å². The number of ether oxygens (including phenoxy) is 1. The van der Waals surface area contributed by atoms with Crippen molar-refractivity contribution in [2.75, 3.05) is 7.11 Å². The molecule has 3 rings (SSSR count). The minimum absolute atomic E-state index is 0.0879. The zero-order chi connectivity index (χ0) is 13.4. The minimum Gasteiger partial charge on any atom is -0.508 e. The summed E-state index contributed by atoms with van der Waals surface area (Å²) >= 11 is 0. The minimum atomic E-state index is -0.0879. The van der Waals surface area contributed by atoms with E-state index < -0.39 is 0 Å². The number of benzene rings is 1. The first-order valence-corrected chi connectivity index (χ1v) is 6.36. The molecule has 0 bridgehead atoms. The van der Waals surface area contributed by atoms with Crippen molar-refractivity contribution in [1.29, 1.82) is 0 Å². The fourth-order valence-corrected chi connectivity index (χ4v) is 2.22. The summed E-state index contributed by atoms with van der Waals surface area (Å²) in [6.07, 6.45) is 2.20. The van der Waals surface area contributed by atoms with Crippen LogP contribution in [0.25, 0.3) is 11.5 Å². The number of aromatic hydroxyl groups is 1. The van der Waals surface area contributed by atoms with Gasteiger partial charge in [0.2, 0.25) is 5.82 Å². The molecule has 0 aliphatic heterocycles. The van der Waals surface area contributed by atoms with E-state index in [0.717, 1.165) is 24.0 Å². The summed E-state index contributed by atoms with van der Waals surface area (Å²) in [6.45, 7) is 1.82. The average Bonchev–Trinajstić information content (AvgIpc) is 3.12. The normalized spacial score (nSPS) is 16.5. The van der Waals surface area contributed by atoms with Crippen LogP contribution in [0, 0.1) is 12.8 Å². The Morgan fingerprint density at radius 2 is 2.21 bits per heavy atom. The molecule has 1 saturated carbocycles. The number of methoxy groups -OCH3 is 1. The van der Waals surface area contributed by atoms with Crippen LogP contribution in [0.5, 0.6) is 5.75 Å². The Labute approximate surface area is 111 Å². The summed E-state index contributed by atoms with van der Waals surface area (Å²) in [6, 6.07) is 5.25. The van der Waals surface area contributed by atoms with E-state index in [1.807, 2.05) is 13.0 Å². The third-order valence-electron chi connectivity index (χ3n) is 3.54. The topological polar surface area (TPSA) is 68.4 Å². The van der Waals surface area contributed by atoms with Crippen LogP contribution < -0.4 is 0 Å². The van der Waals surface area contributed by atoms with Crippen molar-refractivity contribution in [3.8, 4) is 17.2 Å². The van der Waals surface area contributed by atoms with Gasteiger partial charge in [0, 0.05) is 18.2 Å². The molecule has 0 saturated heterocycles. The summed E-state index contributed by atoms with van der Waals surface area (Å²) < 4.78 is 10.7. The van der Waals surface area contributed by atoms with E-state index in [1.54, 1.807) is 19.2 Å². The number of phenols is 1. The van der Waals surface area contributed by atoms with Crippen molar-refractivity contribution in [2.45, 2.75) is 25.9 Å². The van der Waals surface area contributed by atoms with Gasteiger partial charge in [-0.15, -0.1) is 0 Å². The van der Waals surface area contributed by atoms with E-state index >= 15 is 0 Å². The van der Waals surface area contributed by atoms with Gasteiger partial charge in [0.05, 0.1) is 0 Å². The van der Waals surface area contributed by atoms with E-state index in [9.17, 15) is 5.11 Å². The van der Waals surface area contributed by atoms with E-state index in [0.29, 0.717) is 17.6 Å². The second kappa shape index (κ2) is 4.66. The standard InChI is InChI=1S/C14H16N2O3/c1-8-10(4-3-5-11(8)17)14-15-13(16-19-14)12(18-2)9-6-7-9/h3-5,9,12,17H,6-7H2,1-2H3. The molecule has 1 atom stereocenters. The van der Waals surface area contributed by atoms with Crippen LogP contribution in [0.15, 0.2) is 22.7 Å². The molecule has 0 amide bonds. The number of hydrogen-bond donors (Lipinski definition) is 1. The van der Waals surface area contributed by atoms with Gasteiger partial charge in [-0.05, 0) is 37.8 Å². The van der Waals surface area contributed by atoms with Crippen molar-refractivity contribution >= 4 is 0 Å². The van der Waals surface area contributed by atoms with Gasteiger partial charge in [-0.1, -0.05) is 11.2 Å². The predicted octanol–water partition coefficient (Wildman–Crippen LogP) is 2.85. The van der Waals surface area contributed by atoms with Crippen molar-refractivity contribution in [2.24, 2.45) is 5.92 Å². The van der Waals surface area contributed by atoms with Gasteiger partial charge in [0.15, 0.2) is 0 Å². The van der Waals surface area contributed by atoms with Gasteiger partial charge in [-0.25, -0.2) is 0 Å². The van der Waals surface area contributed by atoms with Gasteiger partial charge < -0.3 is 14.4 Å². The number of rotatable bonds is 4. The highest BCUT2D eigenvalue weighted by molar-refractivity contribution is 5.61. The summed E-state index contributed by atoms with van der Waals surface area (Å²) in [4.78, 5) is 4.40. The molecule has 1 N–H and O–H groups in total. The highest BCUT2D eigenvalue weighted by Gasteiger charge is 2.35. The zero-order valence-electron chi connectivity index (χ0n) is 11.0. The Kier molecular flexibility index (Phi) is 2.98. The second-order valence-corrected chi connectivity index (χ2v) is 4.90. The lowest BCUT2D eigenvalue weighted by Crippen LogP contribution is -2.05. The van der Waals surface area contributed by atoms with Gasteiger partial charge in [0.1, 0.15) is 11.9 Å². The highest BCUT2D eigenvalue weighted by atomic mass is 16.5. The van der Waals surface area contributed by atoms with Crippen LogP contribution in [0.3, 0.4) is 0 Å². The maximum absolute atomic E-state index is 9.71. The van der Waals surface area contributed by atoms with Crippen LogP contribution in [0.1, 0.15) is 30.3 Å². The van der Waals surface area contributed by atoms with Crippen molar-refractivity contribution in [3.63, 3.8) is 0 Å². The van der Waals surface area contributed by atoms with Crippen LogP contribution in [-0.4, -0.2) is 22.4 Å². The molecule has 0 radical (unpaired) electrons. The maximum Gasteiger partial charge on any atom is 0.258 e. The van der Waals surface area contributed by atoms with Gasteiger partial charge in [-0.2, -0.15) is 4.98 Å². The number of phenolic OH excluding ortho intramolecular Hbond substituents is 1. The monoisotopic (exact) mass is 260 g/mol. The zero-order valence-corrected chi connectivity index (χ0v) is 11.0. The van der Waals surface area contributed by atoms with Gasteiger partial charge in [0.25, 0.3) is 5.89 Å². The molecule has 1 unspecified atom stereocenters. The fraction of sp³-hybridized carbons (Fsp3) is 0.429. The maximum atomic E-state index is 9.71. The quantitative estimate of drug-likeness (QED) is 0.915. The highest BCUT2D eigenvalue weighted by Crippen LogP contribution is 2.42. The van der Waals surface area contributed by atoms with E-state index in [-0.39, 0.29) is 11.9 Å². The van der Waals surface area contributed by atoms with Crippen LogP contribution in [0.2, 0.25) is 0 Å². The number of aromatic nitrogens is 2. The molecule has 1 fully saturated rings. The lowest BCUT2D eigenvalue weighted by atomic mass is 10.1. The summed E-state index contributed by atoms with van der Waals surface area (Å²) in [5, 5.41) is 13.7. The molecule has 1 aliphatic carbocycles. The first kappa shape index (κ1) is 12.2. The third kappa shape index (κ3) is 2.21. The predicted molar refractivity (Wildman–Crippen MR) is 68.6 cm³/mol. The molecule has 5 nitrogen and oxygen atoms in total. The number of nitrogens with zero attached hydrogens (tertiary/aromatic N) is 2. The summed E-state index contributed by atoms with van der Waals surface area (Å²) in [7, 11) is 1.67. The second-order valence-electron chi connectivity index (χ2n) is 4.90. The third-order valence-corrected chi connectivity index (χ3v) is 3.54. The SMILES string of the molecule is COC(c1noc(-c2cccc(O)c2C)n1)C1CC1. The lowest BCUT2D eigenvalue weighted by Gasteiger charge is -2.08. The molecule has 19 heavy (non-hydrogen) atoms. The Balaban J connectivity index is 1.94. The van der Waals surface area contributed by atoms with Crippen LogP contribution in [0.4, 0.5) is 0 Å². The average molecular weight is 260 g/mol. The molecule has 2 aromatic rings. The Bertz CT molecular complexity index is 590. The molecule has 1 aromatic carbocycles. The number of hydrogen-bond acceptors (Lipinski definition) is 5. The van der Waals surface area contributed by atoms with E-state index in [2.05, 4.69) is 10.1 Å². The molecular weight excluding hydrogens is 244 g/mol. The Morgan fingerprint density at radius 3 is 2.89 bits per heavy atom. The molecule has 0 spiro atoms. The molecule has 1 aliphatic rings. The van der Waals surface area contributed by atoms with Gasteiger partial charge in [-0.3, -0.25) is 0 Å². The summed E-state index contributed by atoms with van der Waals surface area (Å²) in [5.41, 5.74) is 1.49. The first-order chi connectivity index (χ1) is 9.20. The molecule has 1 heterocycles. The molecular formula is C14H16N2O3. The van der Waals surface area contributed by atoms with Crippen LogP contribution >= 0.6 is 0 Å². The smallest absolute Gasteiger partial charge is 0.258 e. The largest absolute Gasteiger partial charge is 0.508 e. The van der Waals surface area contributed by atoms with Crippen LogP contribution in [-0.2, 0) is 4.74 Å². The fourth-order valence-electron chi connectivity index (χ4n) is 2.22. The van der Waals surface area contributed by atoms with Crippen molar-refractivity contribution in [3.05, 3.63) is 29.6 Å². The van der Waals surface area contributed by atoms with Crippen molar-refractivity contribution < 1.29 is 14.4 Å². The first-order valence-electron chi connectivity index (χ1n) is 6.36. The molecule has 1 aromatic heterocycles. The summed E-state index contributed by atoms with van der Waals surface area (Å²) in [5.74, 6) is 1.73. The lowest BCUT2D eigenvalue weighted by molar-refractivity contribution is 0.0751. The molecule has 5 heteroatoms. The van der Waals surface area contributed by atoms with Crippen molar-refractivity contribution in [1.82, 2.24) is 10.1 Å². The Morgan fingerprint density at radius 1 is 1.42 bits per heavy atom. The molecule has 100 valence electrons.